The zero-order valence-corrected chi connectivity index (χ0v) is 22.3. The molecule has 0 atom stereocenters. The number of hydrogen-bond donors (Lipinski definition) is 2. The molecule has 2 aromatic carbocycles. The molecule has 3 rings (SSSR count). The number of benzene rings is 2. The number of halogens is 1. The third-order valence-electron chi connectivity index (χ3n) is 5.22. The third-order valence-corrected chi connectivity index (χ3v) is 5.81. The third kappa shape index (κ3) is 7.10. The number of rotatable bonds is 11. The quantitative estimate of drug-likeness (QED) is 0.237. The number of para-hydroxylation sites is 1. The van der Waals surface area contributed by atoms with Gasteiger partial charge in [0.25, 0.3) is 5.91 Å². The van der Waals surface area contributed by atoms with Crippen molar-refractivity contribution in [3.8, 4) is 11.5 Å². The van der Waals surface area contributed by atoms with Gasteiger partial charge in [0.15, 0.2) is 18.1 Å². The van der Waals surface area contributed by atoms with Gasteiger partial charge in [-0.2, -0.15) is 0 Å². The molecule has 1 saturated heterocycles. The van der Waals surface area contributed by atoms with Crippen LogP contribution in [0.25, 0.3) is 6.08 Å². The molecule has 11 heteroatoms. The first-order valence-corrected chi connectivity index (χ1v) is 12.5. The van der Waals surface area contributed by atoms with E-state index in [2.05, 4.69) is 26.6 Å². The molecule has 1 aliphatic rings. The fraction of sp³-hybridized carbons (Fsp3) is 0.308. The highest BCUT2D eigenvalue weighted by molar-refractivity contribution is 9.10. The van der Waals surface area contributed by atoms with E-state index in [9.17, 15) is 19.2 Å². The van der Waals surface area contributed by atoms with Crippen LogP contribution in [0.2, 0.25) is 0 Å². The minimum atomic E-state index is -0.700. The Bertz CT molecular complexity index is 1230. The summed E-state index contributed by atoms with van der Waals surface area (Å²) < 4.78 is 16.6. The van der Waals surface area contributed by atoms with Crippen molar-refractivity contribution in [2.45, 2.75) is 27.2 Å². The highest BCUT2D eigenvalue weighted by atomic mass is 79.9. The Morgan fingerprint density at radius 1 is 1.08 bits per heavy atom. The Kier molecular flexibility index (Phi) is 9.67. The number of hydrogen-bond acceptors (Lipinski definition) is 7. The average Bonchev–Trinajstić information content (AvgIpc) is 3.11. The standard InChI is InChI=1S/C26H28BrN3O7/c1-4-17-9-7-8-10-19(17)28-22(31)14-30-25(33)20(29-26(30)34)12-16-11-18(27)24(21(13-16)35-5-2)37-15-23(32)36-6-3/h7-13H,4-6,14-15H2,1-3H3,(H,28,31)(H,29,34)/b20-12+. The summed E-state index contributed by atoms with van der Waals surface area (Å²) in [6.45, 7) is 5.27. The predicted molar refractivity (Wildman–Crippen MR) is 140 cm³/mol. The van der Waals surface area contributed by atoms with Crippen LogP contribution < -0.4 is 20.1 Å². The highest BCUT2D eigenvalue weighted by Gasteiger charge is 2.35. The lowest BCUT2D eigenvalue weighted by atomic mass is 10.1. The number of nitrogens with one attached hydrogen (secondary N) is 2. The molecule has 0 spiro atoms. The monoisotopic (exact) mass is 573 g/mol. The Balaban J connectivity index is 1.75. The molecule has 0 radical (unpaired) electrons. The molecule has 37 heavy (non-hydrogen) atoms. The van der Waals surface area contributed by atoms with Crippen LogP contribution in [0.4, 0.5) is 10.5 Å². The van der Waals surface area contributed by atoms with E-state index < -0.39 is 30.4 Å². The van der Waals surface area contributed by atoms with Gasteiger partial charge in [0.2, 0.25) is 5.91 Å². The van der Waals surface area contributed by atoms with Gasteiger partial charge >= 0.3 is 12.0 Å². The van der Waals surface area contributed by atoms with Crippen molar-refractivity contribution in [1.29, 1.82) is 0 Å². The van der Waals surface area contributed by atoms with Crippen LogP contribution in [-0.2, 0) is 25.5 Å². The van der Waals surface area contributed by atoms with E-state index in [0.717, 1.165) is 16.9 Å². The maximum atomic E-state index is 12.9. The van der Waals surface area contributed by atoms with Crippen LogP contribution in [0.15, 0.2) is 46.6 Å². The normalized spacial score (nSPS) is 13.9. The van der Waals surface area contributed by atoms with Crippen molar-refractivity contribution in [2.75, 3.05) is 31.7 Å². The first-order valence-electron chi connectivity index (χ1n) is 11.7. The summed E-state index contributed by atoms with van der Waals surface area (Å²) in [4.78, 5) is 50.5. The average molecular weight is 574 g/mol. The molecule has 2 N–H and O–H groups in total. The highest BCUT2D eigenvalue weighted by Crippen LogP contribution is 2.37. The second-order valence-corrected chi connectivity index (χ2v) is 8.65. The smallest absolute Gasteiger partial charge is 0.344 e. The molecule has 2 aromatic rings. The summed E-state index contributed by atoms with van der Waals surface area (Å²) >= 11 is 3.40. The maximum absolute atomic E-state index is 12.9. The van der Waals surface area contributed by atoms with Gasteiger partial charge in [-0.1, -0.05) is 25.1 Å². The lowest BCUT2D eigenvalue weighted by Gasteiger charge is -2.14. The van der Waals surface area contributed by atoms with E-state index in [-0.39, 0.29) is 18.9 Å². The number of aryl methyl sites for hydroxylation is 1. The van der Waals surface area contributed by atoms with Crippen molar-refractivity contribution in [3.05, 3.63) is 57.7 Å². The SMILES string of the molecule is CCOC(=O)COc1c(Br)cc(/C=C2/NC(=O)N(CC(=O)Nc3ccccc3CC)C2=O)cc1OCC. The van der Waals surface area contributed by atoms with E-state index in [1.165, 1.54) is 6.08 Å². The van der Waals surface area contributed by atoms with E-state index in [4.69, 9.17) is 14.2 Å². The van der Waals surface area contributed by atoms with Crippen molar-refractivity contribution in [1.82, 2.24) is 10.2 Å². The lowest BCUT2D eigenvalue weighted by molar-refractivity contribution is -0.145. The number of carbonyl (C=O) groups is 4. The molecule has 0 saturated carbocycles. The van der Waals surface area contributed by atoms with Crippen LogP contribution in [0.5, 0.6) is 11.5 Å². The van der Waals surface area contributed by atoms with E-state index >= 15 is 0 Å². The molecule has 1 heterocycles. The van der Waals surface area contributed by atoms with Gasteiger partial charge in [0.05, 0.1) is 17.7 Å². The van der Waals surface area contributed by atoms with Gasteiger partial charge in [0, 0.05) is 5.69 Å². The molecular weight excluding hydrogens is 546 g/mol. The van der Waals surface area contributed by atoms with Crippen LogP contribution in [0, 0.1) is 0 Å². The number of esters is 1. The lowest BCUT2D eigenvalue weighted by Crippen LogP contribution is -2.38. The number of amides is 4. The van der Waals surface area contributed by atoms with Crippen LogP contribution >= 0.6 is 15.9 Å². The van der Waals surface area contributed by atoms with Crippen molar-refractivity contribution in [2.24, 2.45) is 0 Å². The van der Waals surface area contributed by atoms with Crippen molar-refractivity contribution < 1.29 is 33.4 Å². The van der Waals surface area contributed by atoms with Crippen LogP contribution in [0.1, 0.15) is 31.9 Å². The molecule has 0 aromatic heterocycles. The predicted octanol–water partition coefficient (Wildman–Crippen LogP) is 3.88. The molecule has 0 bridgehead atoms. The van der Waals surface area contributed by atoms with Gasteiger partial charge in [0.1, 0.15) is 12.2 Å². The summed E-state index contributed by atoms with van der Waals surface area (Å²) in [6.07, 6.45) is 2.19. The second-order valence-electron chi connectivity index (χ2n) is 7.80. The van der Waals surface area contributed by atoms with Crippen molar-refractivity contribution >= 4 is 51.5 Å². The number of ether oxygens (including phenoxy) is 3. The summed E-state index contributed by atoms with van der Waals surface area (Å²) in [5, 5.41) is 5.26. The van der Waals surface area contributed by atoms with Crippen LogP contribution in [0.3, 0.4) is 0 Å². The van der Waals surface area contributed by atoms with E-state index in [1.807, 2.05) is 19.1 Å². The van der Waals surface area contributed by atoms with Gasteiger partial charge in [-0.05, 0) is 71.6 Å². The Labute approximate surface area is 223 Å². The van der Waals surface area contributed by atoms with E-state index in [0.29, 0.717) is 33.8 Å². The van der Waals surface area contributed by atoms with Gasteiger partial charge in [-0.25, -0.2) is 14.5 Å². The number of urea groups is 1. The summed E-state index contributed by atoms with van der Waals surface area (Å²) in [5.41, 5.74) is 2.10. The number of imide groups is 1. The number of anilines is 1. The van der Waals surface area contributed by atoms with Gasteiger partial charge in [-0.3, -0.25) is 9.59 Å². The Morgan fingerprint density at radius 2 is 1.84 bits per heavy atom. The molecular formula is C26H28BrN3O7. The minimum absolute atomic E-state index is 0.00120. The van der Waals surface area contributed by atoms with Gasteiger partial charge in [-0.15, -0.1) is 0 Å². The summed E-state index contributed by atoms with van der Waals surface area (Å²) in [7, 11) is 0. The molecule has 196 valence electrons. The minimum Gasteiger partial charge on any atom is -0.490 e. The van der Waals surface area contributed by atoms with Gasteiger partial charge < -0.3 is 24.8 Å². The number of nitrogens with zero attached hydrogens (tertiary/aromatic N) is 1. The molecule has 0 aliphatic carbocycles. The molecule has 4 amide bonds. The first kappa shape index (κ1) is 27.7. The Hall–Kier alpha value is -3.86. The summed E-state index contributed by atoms with van der Waals surface area (Å²) in [6, 6.07) is 9.88. The van der Waals surface area contributed by atoms with Crippen molar-refractivity contribution in [3.63, 3.8) is 0 Å². The number of carbonyl (C=O) groups excluding carboxylic acids is 4. The molecule has 1 fully saturated rings. The fourth-order valence-electron chi connectivity index (χ4n) is 3.57. The van der Waals surface area contributed by atoms with E-state index in [1.54, 1.807) is 38.1 Å². The maximum Gasteiger partial charge on any atom is 0.344 e. The largest absolute Gasteiger partial charge is 0.490 e. The molecule has 0 unspecified atom stereocenters. The van der Waals surface area contributed by atoms with Crippen LogP contribution in [-0.4, -0.2) is 55.1 Å². The zero-order valence-electron chi connectivity index (χ0n) is 20.8. The first-order chi connectivity index (χ1) is 17.8. The zero-order chi connectivity index (χ0) is 26.9. The molecule has 1 aliphatic heterocycles. The summed E-state index contributed by atoms with van der Waals surface area (Å²) in [5.74, 6) is -1.03. The molecule has 10 nitrogen and oxygen atoms in total. The topological polar surface area (TPSA) is 123 Å². The fourth-order valence-corrected chi connectivity index (χ4v) is 4.15. The second kappa shape index (κ2) is 12.9. The Morgan fingerprint density at radius 3 is 2.54 bits per heavy atom.